The molecule has 1 aliphatic carbocycles. The topological polar surface area (TPSA) is 64.7 Å². The van der Waals surface area contributed by atoms with E-state index in [9.17, 15) is 0 Å². The molecule has 0 spiro atoms. The fraction of sp³-hybridized carbons (Fsp3) is 0.263. The van der Waals surface area contributed by atoms with E-state index in [1.807, 2.05) is 30.3 Å². The molecule has 3 aromatic heterocycles. The minimum atomic E-state index is 0.235. The van der Waals surface area contributed by atoms with E-state index in [4.69, 9.17) is 4.84 Å². The van der Waals surface area contributed by atoms with Gasteiger partial charge >= 0.3 is 0 Å². The first-order valence-corrected chi connectivity index (χ1v) is 9.55. The summed E-state index contributed by atoms with van der Waals surface area (Å²) in [6.45, 7) is 0.235. The minimum absolute atomic E-state index is 0.235. The van der Waals surface area contributed by atoms with Crippen LogP contribution in [0, 0.1) is 0 Å². The standard InChI is InChI=1S/C19H17N5OS/c1-2-6-13(7-3-1)10-21-25-11-16-22-18-17-14-8-4-5-9-15(14)26-19(17)20-12-24(18)23-16/h1-3,6-7,10,12H,4-5,8-9,11H2. The van der Waals surface area contributed by atoms with E-state index < -0.39 is 0 Å². The molecule has 6 nitrogen and oxygen atoms in total. The molecule has 130 valence electrons. The molecule has 0 atom stereocenters. The van der Waals surface area contributed by atoms with Crippen molar-refractivity contribution in [2.24, 2.45) is 5.16 Å². The number of nitrogens with zero attached hydrogens (tertiary/aromatic N) is 5. The van der Waals surface area contributed by atoms with Gasteiger partial charge in [0.25, 0.3) is 0 Å². The normalized spacial score (nSPS) is 14.3. The minimum Gasteiger partial charge on any atom is -0.387 e. The zero-order valence-corrected chi connectivity index (χ0v) is 14.9. The van der Waals surface area contributed by atoms with Gasteiger partial charge in [-0.05, 0) is 36.8 Å². The highest BCUT2D eigenvalue weighted by atomic mass is 32.1. The fourth-order valence-corrected chi connectivity index (χ4v) is 4.62. The lowest BCUT2D eigenvalue weighted by atomic mass is 9.97. The van der Waals surface area contributed by atoms with E-state index in [1.54, 1.807) is 28.4 Å². The molecule has 0 aliphatic heterocycles. The molecule has 0 radical (unpaired) electrons. The van der Waals surface area contributed by atoms with Gasteiger partial charge in [-0.15, -0.1) is 16.4 Å². The summed E-state index contributed by atoms with van der Waals surface area (Å²) in [6.07, 6.45) is 8.19. The third kappa shape index (κ3) is 2.74. The van der Waals surface area contributed by atoms with Crippen molar-refractivity contribution < 1.29 is 4.84 Å². The monoisotopic (exact) mass is 363 g/mol. The predicted octanol–water partition coefficient (Wildman–Crippen LogP) is 3.77. The Bertz CT molecular complexity index is 1100. The van der Waals surface area contributed by atoms with Gasteiger partial charge in [0.05, 0.1) is 11.6 Å². The molecule has 0 fully saturated rings. The molecule has 1 aromatic carbocycles. The highest BCUT2D eigenvalue weighted by Gasteiger charge is 2.20. The van der Waals surface area contributed by atoms with Crippen LogP contribution >= 0.6 is 11.3 Å². The van der Waals surface area contributed by atoms with E-state index in [-0.39, 0.29) is 6.61 Å². The number of thiophene rings is 1. The predicted molar refractivity (Wildman–Crippen MR) is 102 cm³/mol. The highest BCUT2D eigenvalue weighted by Crippen LogP contribution is 2.36. The van der Waals surface area contributed by atoms with Gasteiger partial charge in [-0.3, -0.25) is 0 Å². The average Bonchev–Trinajstić information content (AvgIpc) is 3.26. The van der Waals surface area contributed by atoms with Crippen molar-refractivity contribution in [2.45, 2.75) is 32.3 Å². The fourth-order valence-electron chi connectivity index (χ4n) is 3.39. The van der Waals surface area contributed by atoms with E-state index in [0.717, 1.165) is 28.9 Å². The molecule has 7 heteroatoms. The van der Waals surface area contributed by atoms with Crippen molar-refractivity contribution in [2.75, 3.05) is 0 Å². The number of hydrogen-bond donors (Lipinski definition) is 0. The summed E-state index contributed by atoms with van der Waals surface area (Å²) >= 11 is 1.80. The van der Waals surface area contributed by atoms with Crippen molar-refractivity contribution in [3.63, 3.8) is 0 Å². The summed E-state index contributed by atoms with van der Waals surface area (Å²) in [4.78, 5) is 17.2. The van der Waals surface area contributed by atoms with Crippen molar-refractivity contribution in [1.29, 1.82) is 0 Å². The van der Waals surface area contributed by atoms with Crippen LogP contribution in [0.15, 0.2) is 41.8 Å². The first-order chi connectivity index (χ1) is 12.9. The second kappa shape index (κ2) is 6.49. The Morgan fingerprint density at radius 3 is 3.00 bits per heavy atom. The average molecular weight is 363 g/mol. The van der Waals surface area contributed by atoms with Gasteiger partial charge in [-0.2, -0.15) is 0 Å². The molecule has 0 N–H and O–H groups in total. The maximum absolute atomic E-state index is 5.37. The number of oxime groups is 1. The molecule has 4 aromatic rings. The van der Waals surface area contributed by atoms with Gasteiger partial charge in [-0.1, -0.05) is 35.5 Å². The second-order valence-electron chi connectivity index (χ2n) is 6.35. The number of aryl methyl sites for hydroxylation is 2. The number of fused-ring (bicyclic) bond motifs is 5. The van der Waals surface area contributed by atoms with Gasteiger partial charge < -0.3 is 4.84 Å². The molecular weight excluding hydrogens is 346 g/mol. The van der Waals surface area contributed by atoms with Crippen LogP contribution in [0.25, 0.3) is 15.9 Å². The zero-order chi connectivity index (χ0) is 17.3. The van der Waals surface area contributed by atoms with Gasteiger partial charge in [-0.25, -0.2) is 14.5 Å². The summed E-state index contributed by atoms with van der Waals surface area (Å²) in [5.41, 5.74) is 3.28. The molecule has 5 rings (SSSR count). The summed E-state index contributed by atoms with van der Waals surface area (Å²) in [7, 11) is 0. The molecule has 0 saturated carbocycles. The lowest BCUT2D eigenvalue weighted by Crippen LogP contribution is -1.99. The first-order valence-electron chi connectivity index (χ1n) is 8.73. The zero-order valence-electron chi connectivity index (χ0n) is 14.1. The summed E-state index contributed by atoms with van der Waals surface area (Å²) in [5.74, 6) is 0.611. The highest BCUT2D eigenvalue weighted by molar-refractivity contribution is 7.19. The van der Waals surface area contributed by atoms with Crippen molar-refractivity contribution in [1.82, 2.24) is 19.6 Å². The Morgan fingerprint density at radius 2 is 2.08 bits per heavy atom. The molecule has 0 saturated heterocycles. The van der Waals surface area contributed by atoms with Gasteiger partial charge in [0.2, 0.25) is 0 Å². The van der Waals surface area contributed by atoms with Crippen molar-refractivity contribution in [3.8, 4) is 0 Å². The van der Waals surface area contributed by atoms with Crippen molar-refractivity contribution in [3.05, 3.63) is 58.5 Å². The first kappa shape index (κ1) is 15.5. The maximum Gasteiger partial charge on any atom is 0.192 e. The molecule has 0 unspecified atom stereocenters. The number of benzene rings is 1. The number of hydrogen-bond acceptors (Lipinski definition) is 6. The van der Waals surface area contributed by atoms with Crippen molar-refractivity contribution >= 4 is 33.4 Å². The molecule has 1 aliphatic rings. The van der Waals surface area contributed by atoms with E-state index in [0.29, 0.717) is 5.82 Å². The van der Waals surface area contributed by atoms with Crippen LogP contribution in [0.4, 0.5) is 0 Å². The third-order valence-corrected chi connectivity index (χ3v) is 5.81. The van der Waals surface area contributed by atoms with Crippen LogP contribution in [0.2, 0.25) is 0 Å². The largest absolute Gasteiger partial charge is 0.387 e. The number of rotatable bonds is 4. The molecule has 26 heavy (non-hydrogen) atoms. The van der Waals surface area contributed by atoms with E-state index >= 15 is 0 Å². The van der Waals surface area contributed by atoms with Gasteiger partial charge in [0.1, 0.15) is 11.2 Å². The lowest BCUT2D eigenvalue weighted by molar-refractivity contribution is 0.126. The van der Waals surface area contributed by atoms with Crippen LogP contribution in [0.3, 0.4) is 0 Å². The van der Waals surface area contributed by atoms with Gasteiger partial charge in [0.15, 0.2) is 18.1 Å². The summed E-state index contributed by atoms with van der Waals surface area (Å²) in [5, 5.41) is 9.65. The van der Waals surface area contributed by atoms with Crippen LogP contribution in [0.1, 0.15) is 34.7 Å². The molecule has 0 amide bonds. The second-order valence-corrected chi connectivity index (χ2v) is 7.43. The van der Waals surface area contributed by atoms with Crippen LogP contribution in [0.5, 0.6) is 0 Å². The Balaban J connectivity index is 1.42. The molecular formula is C19H17N5OS. The Kier molecular flexibility index (Phi) is 3.86. The quantitative estimate of drug-likeness (QED) is 0.409. The third-order valence-electron chi connectivity index (χ3n) is 4.61. The smallest absolute Gasteiger partial charge is 0.192 e. The Hall–Kier alpha value is -2.80. The summed E-state index contributed by atoms with van der Waals surface area (Å²) < 4.78 is 1.75. The Labute approximate surface area is 154 Å². The van der Waals surface area contributed by atoms with Gasteiger partial charge in [0, 0.05) is 4.88 Å². The lowest BCUT2D eigenvalue weighted by Gasteiger charge is -2.09. The molecule has 3 heterocycles. The molecule has 0 bridgehead atoms. The van der Waals surface area contributed by atoms with E-state index in [2.05, 4.69) is 20.2 Å². The Morgan fingerprint density at radius 1 is 1.19 bits per heavy atom. The van der Waals surface area contributed by atoms with Crippen LogP contribution < -0.4 is 0 Å². The van der Waals surface area contributed by atoms with Crippen LogP contribution in [-0.4, -0.2) is 25.8 Å². The SMILES string of the molecule is C(=NOCc1nc2c3c4c(sc3ncn2n1)CCCC4)c1ccccc1. The maximum atomic E-state index is 5.37. The van der Waals surface area contributed by atoms with Crippen LogP contribution in [-0.2, 0) is 24.3 Å². The summed E-state index contributed by atoms with van der Waals surface area (Å²) in [6, 6.07) is 9.84. The number of aromatic nitrogens is 4. The van der Waals surface area contributed by atoms with E-state index in [1.165, 1.54) is 28.7 Å².